The number of nitrogens with zero attached hydrogens (tertiary/aromatic N) is 2. The number of fused-ring (bicyclic) bond motifs is 4. The van der Waals surface area contributed by atoms with E-state index in [1.807, 2.05) is 30.6 Å². The zero-order valence-electron chi connectivity index (χ0n) is 38.4. The van der Waals surface area contributed by atoms with E-state index in [1.165, 1.54) is 11.1 Å². The second-order valence-corrected chi connectivity index (χ2v) is 17.8. The van der Waals surface area contributed by atoms with Crippen LogP contribution in [0.4, 0.5) is 0 Å². The maximum atomic E-state index is 12.5. The third-order valence-electron chi connectivity index (χ3n) is 13.4. The van der Waals surface area contributed by atoms with Gasteiger partial charge in [0.2, 0.25) is 0 Å². The van der Waals surface area contributed by atoms with Crippen molar-refractivity contribution in [3.63, 3.8) is 0 Å². The zero-order chi connectivity index (χ0) is 46.6. The Morgan fingerprint density at radius 2 is 0.928 bits per heavy atom. The van der Waals surface area contributed by atoms with Gasteiger partial charge >= 0.3 is 0 Å². The Bertz CT molecular complexity index is 3430. The van der Waals surface area contributed by atoms with E-state index >= 15 is 0 Å². The summed E-state index contributed by atoms with van der Waals surface area (Å²) >= 11 is 0. The van der Waals surface area contributed by atoms with Crippen LogP contribution in [-0.4, -0.2) is 45.8 Å². The Morgan fingerprint density at radius 3 is 1.46 bits per heavy atom. The summed E-state index contributed by atoms with van der Waals surface area (Å²) < 4.78 is 0. The normalized spacial score (nSPS) is 15.5. The van der Waals surface area contributed by atoms with Gasteiger partial charge in [-0.2, -0.15) is 0 Å². The number of aliphatic carboxylic acids is 1. The molecule has 341 valence electrons. The molecule has 0 heterocycles. The van der Waals surface area contributed by atoms with Gasteiger partial charge in [0, 0.05) is 64.2 Å². The molecule has 0 saturated heterocycles. The third kappa shape index (κ3) is 9.49. The van der Waals surface area contributed by atoms with Crippen LogP contribution in [0.3, 0.4) is 0 Å². The van der Waals surface area contributed by atoms with Gasteiger partial charge in [-0.3, -0.25) is 14.8 Å². The van der Waals surface area contributed by atoms with E-state index in [1.54, 1.807) is 0 Å². The van der Waals surface area contributed by atoms with Crippen LogP contribution >= 0.6 is 0 Å². The Morgan fingerprint density at radius 1 is 0.507 bits per heavy atom. The summed E-state index contributed by atoms with van der Waals surface area (Å²) in [6.07, 6.45) is 13.8. The minimum atomic E-state index is -0.833. The summed E-state index contributed by atoms with van der Waals surface area (Å²) in [4.78, 5) is 19.5. The Kier molecular flexibility index (Phi) is 14.0. The molecule has 1 saturated carbocycles. The summed E-state index contributed by atoms with van der Waals surface area (Å²) in [5.74, 6) is -0.371. The van der Waals surface area contributed by atoms with Gasteiger partial charge in [0.15, 0.2) is 0 Å². The first-order valence-corrected chi connectivity index (χ1v) is 23.5. The second-order valence-electron chi connectivity index (χ2n) is 17.8. The summed E-state index contributed by atoms with van der Waals surface area (Å²) in [5.41, 5.74) is 12.1. The van der Waals surface area contributed by atoms with Gasteiger partial charge in [-0.1, -0.05) is 183 Å². The Labute approximate surface area is 413 Å². The summed E-state index contributed by atoms with van der Waals surface area (Å²) in [7, 11) is 0. The number of hydrogen-bond acceptors (Lipinski definition) is 5. The van der Waals surface area contributed by atoms with Gasteiger partial charge in [0.05, 0.1) is 12.1 Å². The quantitative estimate of drug-likeness (QED) is 0.0802. The smallest absolute Gasteiger partial charge is 0.300 e. The fourth-order valence-electron chi connectivity index (χ4n) is 10.3. The number of phenolic OH excluding ortho intramolecular Hbond substituents is 2. The molecule has 2 atom stereocenters. The molecule has 0 amide bonds. The zero-order valence-corrected chi connectivity index (χ0v) is 39.6. The van der Waals surface area contributed by atoms with E-state index in [0.717, 1.165) is 122 Å². The van der Waals surface area contributed by atoms with Crippen LogP contribution in [0, 0.1) is 0 Å². The molecule has 9 aromatic carbocycles. The fraction of sp³-hybridized carbons (Fsp3) is 0.145. The van der Waals surface area contributed by atoms with Crippen LogP contribution in [0.2, 0.25) is 0 Å². The topological polar surface area (TPSA) is 102 Å². The number of aromatic hydroxyl groups is 2. The van der Waals surface area contributed by atoms with E-state index in [4.69, 9.17) is 19.9 Å². The number of carboxylic acid groups (broad SMARTS) is 1. The van der Waals surface area contributed by atoms with Crippen molar-refractivity contribution in [2.45, 2.75) is 57.5 Å². The molecule has 7 heteroatoms. The number of allylic oxidation sites excluding steroid dienone is 2. The number of aliphatic imine (C=N–C) groups is 2. The van der Waals surface area contributed by atoms with Crippen LogP contribution in [0.15, 0.2) is 192 Å². The number of phenols is 2. The summed E-state index contributed by atoms with van der Waals surface area (Å²) in [6, 6.07) is 58.8. The Balaban J connectivity index is 0.00000114. The molecule has 2 aliphatic rings. The van der Waals surface area contributed by atoms with Crippen molar-refractivity contribution in [1.82, 2.24) is 0 Å². The molecule has 1 radical (unpaired) electrons. The van der Waals surface area contributed by atoms with Crippen molar-refractivity contribution >= 4 is 50.7 Å². The summed E-state index contributed by atoms with van der Waals surface area (Å²) in [5, 5.41) is 38.7. The number of hydrogen-bond donors (Lipinski definition) is 3. The van der Waals surface area contributed by atoms with E-state index in [-0.39, 0.29) is 40.7 Å². The maximum Gasteiger partial charge on any atom is 0.300 e. The number of rotatable bonds is 8. The molecule has 0 spiro atoms. The molecule has 69 heavy (non-hydrogen) atoms. The van der Waals surface area contributed by atoms with Gasteiger partial charge in [0.1, 0.15) is 11.5 Å². The molecule has 3 N–H and O–H groups in total. The minimum Gasteiger partial charge on any atom is -0.507 e. The molecule has 2 aliphatic carbocycles. The number of carboxylic acids is 1. The van der Waals surface area contributed by atoms with E-state index in [2.05, 4.69) is 164 Å². The molecular formula is C62H52MnN2O4. The van der Waals surface area contributed by atoms with Crippen molar-refractivity contribution in [2.75, 3.05) is 0 Å². The monoisotopic (exact) mass is 943 g/mol. The molecule has 11 rings (SSSR count). The molecule has 1 unspecified atom stereocenters. The van der Waals surface area contributed by atoms with Gasteiger partial charge in [0.25, 0.3) is 5.97 Å². The van der Waals surface area contributed by atoms with Crippen LogP contribution in [0.1, 0.15) is 54.9 Å². The van der Waals surface area contributed by atoms with Gasteiger partial charge in [-0.25, -0.2) is 0 Å². The molecule has 0 aromatic heterocycles. The van der Waals surface area contributed by atoms with Crippen molar-refractivity contribution in [1.29, 1.82) is 0 Å². The third-order valence-corrected chi connectivity index (χ3v) is 13.4. The van der Waals surface area contributed by atoms with Crippen molar-refractivity contribution in [2.24, 2.45) is 9.98 Å². The number of carbonyl (C=O) groups is 1. The predicted octanol–water partition coefficient (Wildman–Crippen LogP) is 14.8. The van der Waals surface area contributed by atoms with Crippen LogP contribution in [0.25, 0.3) is 76.8 Å². The van der Waals surface area contributed by atoms with E-state index < -0.39 is 5.97 Å². The van der Waals surface area contributed by atoms with Gasteiger partial charge < -0.3 is 15.3 Å². The van der Waals surface area contributed by atoms with Crippen LogP contribution in [0.5, 0.6) is 11.5 Å². The SMILES string of the molecule is CC(=O)O.Oc1c(C=N[C@H]2CCCCC2N=Cc2cc3ccccc3c(-c3c(-c4ccccc4)ccc4ccccc34)c2O)cc2ccccc2c1-c1c(-c2ccccc2)ccc2c1CC=CC2.[Mn]. The molecule has 1 fully saturated rings. The largest absolute Gasteiger partial charge is 0.507 e. The first-order chi connectivity index (χ1) is 33.3. The first-order valence-electron chi connectivity index (χ1n) is 23.5. The predicted molar refractivity (Wildman–Crippen MR) is 282 cm³/mol. The van der Waals surface area contributed by atoms with Crippen molar-refractivity contribution in [3.05, 3.63) is 204 Å². The molecule has 6 nitrogen and oxygen atoms in total. The Hall–Kier alpha value is -7.57. The first kappa shape index (κ1) is 46.5. The molecule has 9 aromatic rings. The average molecular weight is 944 g/mol. The molecular weight excluding hydrogens is 892 g/mol. The molecule has 0 aliphatic heterocycles. The van der Waals surface area contributed by atoms with Gasteiger partial charge in [-0.05, 0) is 109 Å². The number of benzene rings is 9. The van der Waals surface area contributed by atoms with Gasteiger partial charge in [-0.15, -0.1) is 0 Å². The minimum absolute atomic E-state index is 0. The standard InChI is InChI=1S/C60H48N2O2.C2H4O2.Mn/c63-59-45(35-43-23-9-13-27-49(43)57(59)55-47-25-11-7-21-41(47)31-33-51(55)39-17-3-1-4-18-39)37-61-53-29-15-16-30-54(53)62-38-46-36-44-24-10-14-28-50(44)58(60(46)64)56-48-26-12-8-22-42(48)32-34-52(56)40-19-5-2-6-20-40;1-2(3)4;/h1-14,17-21,23-25,27-28,31-38,53-54,63-64H,15-16,22,26,29-30H2;1H3,(H,3,4);/t53?,54-;;/m0../s1. The fourth-order valence-corrected chi connectivity index (χ4v) is 10.3. The van der Waals surface area contributed by atoms with E-state index in [0.29, 0.717) is 11.1 Å². The van der Waals surface area contributed by atoms with Crippen molar-refractivity contribution in [3.8, 4) is 56.0 Å². The van der Waals surface area contributed by atoms with Crippen LogP contribution in [-0.2, 0) is 34.7 Å². The van der Waals surface area contributed by atoms with E-state index in [9.17, 15) is 10.2 Å². The van der Waals surface area contributed by atoms with Crippen LogP contribution < -0.4 is 0 Å². The average Bonchev–Trinajstić information content (AvgIpc) is 3.38. The molecule has 0 bridgehead atoms. The van der Waals surface area contributed by atoms with Crippen molar-refractivity contribution < 1.29 is 37.2 Å². The maximum absolute atomic E-state index is 12.5. The second kappa shape index (κ2) is 20.7. The summed E-state index contributed by atoms with van der Waals surface area (Å²) in [6.45, 7) is 1.08.